The van der Waals surface area contributed by atoms with Crippen molar-refractivity contribution in [3.63, 3.8) is 0 Å². The molecule has 0 aromatic carbocycles. The van der Waals surface area contributed by atoms with Crippen LogP contribution in [0.4, 0.5) is 5.13 Å². The Labute approximate surface area is 92.0 Å². The summed E-state index contributed by atoms with van der Waals surface area (Å²) in [6, 6.07) is 0.306. The molecule has 1 aromatic rings. The molecular weight excluding hydrogens is 216 g/mol. The number of hydrogen-bond acceptors (Lipinski definition) is 6. The van der Waals surface area contributed by atoms with Crippen LogP contribution in [0.2, 0.25) is 0 Å². The Bertz CT molecular complexity index is 315. The Hall–Kier alpha value is -1.21. The molecule has 7 heteroatoms. The van der Waals surface area contributed by atoms with Crippen molar-refractivity contribution < 1.29 is 9.53 Å². The third kappa shape index (κ3) is 4.22. The van der Waals surface area contributed by atoms with Gasteiger partial charge in [-0.25, -0.2) is 0 Å². The fourth-order valence-electron chi connectivity index (χ4n) is 0.797. The van der Waals surface area contributed by atoms with Crippen molar-refractivity contribution in [2.24, 2.45) is 5.73 Å². The van der Waals surface area contributed by atoms with Crippen LogP contribution >= 0.6 is 11.5 Å². The summed E-state index contributed by atoms with van der Waals surface area (Å²) < 4.78 is 9.18. The number of carbonyl (C=O) groups is 1. The highest BCUT2D eigenvalue weighted by Gasteiger charge is 2.06. The average Bonchev–Trinajstić information content (AvgIpc) is 2.66. The minimum absolute atomic E-state index is 0.0639. The van der Waals surface area contributed by atoms with Gasteiger partial charge in [-0.3, -0.25) is 10.1 Å². The van der Waals surface area contributed by atoms with Crippen LogP contribution < -0.4 is 15.8 Å². The van der Waals surface area contributed by atoms with Gasteiger partial charge in [0.15, 0.2) is 0 Å². The first-order chi connectivity index (χ1) is 7.26. The van der Waals surface area contributed by atoms with Crippen molar-refractivity contribution >= 4 is 22.6 Å². The van der Waals surface area contributed by atoms with Crippen molar-refractivity contribution in [3.8, 4) is 6.01 Å². The molecule has 1 heterocycles. The van der Waals surface area contributed by atoms with Gasteiger partial charge in [0, 0.05) is 11.5 Å². The van der Waals surface area contributed by atoms with Crippen LogP contribution in [0.15, 0.2) is 0 Å². The fraction of sp³-hybridized carbons (Fsp3) is 0.625. The number of anilines is 1. The average molecular weight is 230 g/mol. The molecular formula is C8H14N4O2S. The number of rotatable bonds is 6. The number of nitrogens with one attached hydrogen (secondary N) is 1. The minimum Gasteiger partial charge on any atom is -0.463 e. The molecule has 3 N–H and O–H groups in total. The maximum Gasteiger partial charge on any atom is 0.330 e. The second kappa shape index (κ2) is 6.31. The SMILES string of the molecule is CCCCOc1nsc(NC(=O)CN)n1. The number of amides is 1. The smallest absolute Gasteiger partial charge is 0.330 e. The summed E-state index contributed by atoms with van der Waals surface area (Å²) in [5.41, 5.74) is 5.14. The Morgan fingerprint density at radius 2 is 2.47 bits per heavy atom. The van der Waals surface area contributed by atoms with Gasteiger partial charge in [-0.05, 0) is 6.42 Å². The van der Waals surface area contributed by atoms with E-state index in [2.05, 4.69) is 21.6 Å². The van der Waals surface area contributed by atoms with E-state index in [0.717, 1.165) is 24.4 Å². The van der Waals surface area contributed by atoms with E-state index in [1.165, 1.54) is 0 Å². The zero-order valence-electron chi connectivity index (χ0n) is 8.52. The van der Waals surface area contributed by atoms with Gasteiger partial charge in [0.1, 0.15) is 0 Å². The van der Waals surface area contributed by atoms with Crippen LogP contribution in [0.5, 0.6) is 6.01 Å². The van der Waals surface area contributed by atoms with Crippen molar-refractivity contribution in [1.29, 1.82) is 0 Å². The maximum atomic E-state index is 10.9. The number of unbranched alkanes of at least 4 members (excludes halogenated alkanes) is 1. The van der Waals surface area contributed by atoms with Crippen LogP contribution in [0.1, 0.15) is 19.8 Å². The predicted octanol–water partition coefficient (Wildman–Crippen LogP) is 0.614. The van der Waals surface area contributed by atoms with Gasteiger partial charge in [0.25, 0.3) is 0 Å². The molecule has 0 aliphatic rings. The van der Waals surface area contributed by atoms with E-state index in [1.54, 1.807) is 0 Å². The van der Waals surface area contributed by atoms with Crippen LogP contribution in [0, 0.1) is 0 Å². The van der Waals surface area contributed by atoms with E-state index >= 15 is 0 Å². The highest BCUT2D eigenvalue weighted by Crippen LogP contribution is 2.15. The first kappa shape index (κ1) is 11.9. The molecule has 0 bridgehead atoms. The lowest BCUT2D eigenvalue weighted by atomic mass is 10.4. The second-order valence-electron chi connectivity index (χ2n) is 2.84. The topological polar surface area (TPSA) is 90.1 Å². The zero-order chi connectivity index (χ0) is 11.1. The molecule has 0 aliphatic carbocycles. The van der Waals surface area contributed by atoms with E-state index in [9.17, 15) is 4.79 Å². The lowest BCUT2D eigenvalue weighted by Gasteiger charge is -1.98. The molecule has 0 unspecified atom stereocenters. The summed E-state index contributed by atoms with van der Waals surface area (Å²) in [6.45, 7) is 2.61. The van der Waals surface area contributed by atoms with E-state index in [4.69, 9.17) is 10.5 Å². The predicted molar refractivity (Wildman–Crippen MR) is 58.0 cm³/mol. The Kier molecular flexibility index (Phi) is 4.99. The summed E-state index contributed by atoms with van der Waals surface area (Å²) in [6.07, 6.45) is 2.02. The molecule has 0 atom stereocenters. The van der Waals surface area contributed by atoms with Crippen LogP contribution in [-0.4, -0.2) is 28.4 Å². The molecule has 0 radical (unpaired) electrons. The normalized spacial score (nSPS) is 10.0. The highest BCUT2D eigenvalue weighted by atomic mass is 32.1. The summed E-state index contributed by atoms with van der Waals surface area (Å²) >= 11 is 1.08. The molecule has 0 saturated heterocycles. The number of carbonyl (C=O) groups excluding carboxylic acids is 1. The summed E-state index contributed by atoms with van der Waals surface area (Å²) in [4.78, 5) is 14.9. The Morgan fingerprint density at radius 1 is 1.67 bits per heavy atom. The maximum absolute atomic E-state index is 10.9. The number of nitrogens with two attached hydrogens (primary N) is 1. The van der Waals surface area contributed by atoms with E-state index in [0.29, 0.717) is 17.7 Å². The third-order valence-corrected chi connectivity index (χ3v) is 2.18. The molecule has 0 spiro atoms. The number of hydrogen-bond donors (Lipinski definition) is 2. The molecule has 0 saturated carbocycles. The van der Waals surface area contributed by atoms with Gasteiger partial charge in [-0.1, -0.05) is 13.3 Å². The molecule has 15 heavy (non-hydrogen) atoms. The Morgan fingerprint density at radius 3 is 3.13 bits per heavy atom. The third-order valence-electron chi connectivity index (χ3n) is 1.57. The molecule has 1 rings (SSSR count). The zero-order valence-corrected chi connectivity index (χ0v) is 9.34. The first-order valence-electron chi connectivity index (χ1n) is 4.72. The number of aromatic nitrogens is 2. The lowest BCUT2D eigenvalue weighted by Crippen LogP contribution is -2.21. The standard InChI is InChI=1S/C8H14N4O2S/c1-2-3-4-14-7-11-8(15-12-7)10-6(13)5-9/h2-5,9H2,1H3,(H,10,11,12,13). The molecule has 1 amide bonds. The molecule has 6 nitrogen and oxygen atoms in total. The van der Waals surface area contributed by atoms with Crippen molar-refractivity contribution in [2.75, 3.05) is 18.5 Å². The van der Waals surface area contributed by atoms with Crippen LogP contribution in [0.3, 0.4) is 0 Å². The Balaban J connectivity index is 2.38. The second-order valence-corrected chi connectivity index (χ2v) is 3.59. The summed E-state index contributed by atoms with van der Waals surface area (Å²) in [7, 11) is 0. The number of ether oxygens (including phenoxy) is 1. The molecule has 84 valence electrons. The quantitative estimate of drug-likeness (QED) is 0.699. The summed E-state index contributed by atoms with van der Waals surface area (Å²) in [5, 5.41) is 2.92. The monoisotopic (exact) mass is 230 g/mol. The van der Waals surface area contributed by atoms with Gasteiger partial charge in [-0.15, -0.1) is 4.37 Å². The van der Waals surface area contributed by atoms with Crippen LogP contribution in [0.25, 0.3) is 0 Å². The first-order valence-corrected chi connectivity index (χ1v) is 5.50. The van der Waals surface area contributed by atoms with Gasteiger partial charge >= 0.3 is 6.01 Å². The molecule has 0 fully saturated rings. The largest absolute Gasteiger partial charge is 0.463 e. The number of nitrogens with zero attached hydrogens (tertiary/aromatic N) is 2. The van der Waals surface area contributed by atoms with Crippen molar-refractivity contribution in [3.05, 3.63) is 0 Å². The van der Waals surface area contributed by atoms with E-state index in [-0.39, 0.29) is 12.5 Å². The molecule has 1 aromatic heterocycles. The lowest BCUT2D eigenvalue weighted by molar-refractivity contribution is -0.114. The van der Waals surface area contributed by atoms with Crippen molar-refractivity contribution in [2.45, 2.75) is 19.8 Å². The van der Waals surface area contributed by atoms with E-state index in [1.807, 2.05) is 0 Å². The summed E-state index contributed by atoms with van der Waals surface area (Å²) in [5.74, 6) is -0.286. The fourth-order valence-corrected chi connectivity index (χ4v) is 1.33. The van der Waals surface area contributed by atoms with Gasteiger partial charge in [0.2, 0.25) is 11.0 Å². The van der Waals surface area contributed by atoms with Gasteiger partial charge < -0.3 is 10.5 Å². The molecule has 0 aliphatic heterocycles. The van der Waals surface area contributed by atoms with E-state index < -0.39 is 0 Å². The van der Waals surface area contributed by atoms with Crippen LogP contribution in [-0.2, 0) is 4.79 Å². The van der Waals surface area contributed by atoms with Gasteiger partial charge in [0.05, 0.1) is 13.2 Å². The minimum atomic E-state index is -0.286. The van der Waals surface area contributed by atoms with Crippen molar-refractivity contribution in [1.82, 2.24) is 9.36 Å². The highest BCUT2D eigenvalue weighted by molar-refractivity contribution is 7.10. The van der Waals surface area contributed by atoms with Gasteiger partial charge in [-0.2, -0.15) is 4.98 Å².